The number of rotatable bonds is 7. The quantitative estimate of drug-likeness (QED) is 0.458. The van der Waals surface area contributed by atoms with E-state index in [-0.39, 0.29) is 17.4 Å². The van der Waals surface area contributed by atoms with Crippen LogP contribution < -0.4 is 5.32 Å². The Morgan fingerprint density at radius 3 is 2.47 bits per heavy atom. The van der Waals surface area contributed by atoms with E-state index in [1.54, 1.807) is 6.07 Å². The lowest BCUT2D eigenvalue weighted by molar-refractivity contribution is -0.141. The summed E-state index contributed by atoms with van der Waals surface area (Å²) >= 11 is 0. The lowest BCUT2D eigenvalue weighted by Gasteiger charge is -2.46. The fourth-order valence-electron chi connectivity index (χ4n) is 4.86. The molecule has 180 valence electrons. The molecule has 0 aliphatic heterocycles. The topological polar surface area (TPSA) is 60.3 Å². The normalized spacial score (nSPS) is 20.1. The number of esters is 1. The molecule has 1 aliphatic rings. The van der Waals surface area contributed by atoms with Crippen LogP contribution >= 0.6 is 0 Å². The van der Waals surface area contributed by atoms with Crippen LogP contribution in [-0.2, 0) is 22.3 Å². The van der Waals surface area contributed by atoms with E-state index < -0.39 is 11.7 Å². The first kappa shape index (κ1) is 23.9. The van der Waals surface area contributed by atoms with Gasteiger partial charge in [0.05, 0.1) is 23.8 Å². The molecule has 34 heavy (non-hydrogen) atoms. The second-order valence-corrected chi connectivity index (χ2v) is 9.29. The van der Waals surface area contributed by atoms with Gasteiger partial charge in [0.15, 0.2) is 0 Å². The minimum atomic E-state index is -4.38. The number of carbonyl (C=O) groups excluding carboxylic acids is 2. The lowest BCUT2D eigenvalue weighted by Crippen LogP contribution is -2.55. The highest BCUT2D eigenvalue weighted by Crippen LogP contribution is 2.40. The van der Waals surface area contributed by atoms with Gasteiger partial charge in [-0.1, -0.05) is 24.3 Å². The van der Waals surface area contributed by atoms with Gasteiger partial charge in [-0.25, -0.2) is 0 Å². The predicted octanol–water partition coefficient (Wildman–Crippen LogP) is 5.56. The maximum absolute atomic E-state index is 13.2. The van der Waals surface area contributed by atoms with Gasteiger partial charge < -0.3 is 14.6 Å². The smallest absolute Gasteiger partial charge is 0.416 e. The van der Waals surface area contributed by atoms with E-state index in [1.807, 2.05) is 35.9 Å². The highest BCUT2D eigenvalue weighted by atomic mass is 19.4. The number of halogens is 3. The standard InChI is InChI=1S/C26H27F3N2O3/c1-25(14-18(15-25)8-11-22(32)34-2)30-24(33)21-5-3-4-19-12-13-31(23(19)21)16-17-6-9-20(10-7-17)26(27,28)29/h3-7,9-10,12-13,18H,8,11,14-16H2,1-2H3,(H,30,33). The lowest BCUT2D eigenvalue weighted by atomic mass is 9.67. The average molecular weight is 473 g/mol. The molecule has 1 aliphatic carbocycles. The Kier molecular flexibility index (Phi) is 6.43. The second-order valence-electron chi connectivity index (χ2n) is 9.29. The van der Waals surface area contributed by atoms with Crippen molar-refractivity contribution >= 4 is 22.8 Å². The van der Waals surface area contributed by atoms with Crippen molar-refractivity contribution in [2.45, 2.75) is 50.9 Å². The van der Waals surface area contributed by atoms with Crippen LogP contribution in [0.25, 0.3) is 10.9 Å². The Hall–Kier alpha value is -3.29. The van der Waals surface area contributed by atoms with Gasteiger partial charge in [0, 0.05) is 30.1 Å². The third-order valence-corrected chi connectivity index (χ3v) is 6.55. The second kappa shape index (κ2) is 9.16. The number of nitrogens with one attached hydrogen (secondary N) is 1. The fraction of sp³-hybridized carbons (Fsp3) is 0.385. The van der Waals surface area contributed by atoms with E-state index in [0.29, 0.717) is 30.0 Å². The number of methoxy groups -OCH3 is 1. The maximum atomic E-state index is 13.2. The Balaban J connectivity index is 1.48. The third kappa shape index (κ3) is 5.11. The number of nitrogens with zero attached hydrogens (tertiary/aromatic N) is 1. The summed E-state index contributed by atoms with van der Waals surface area (Å²) in [5.41, 5.74) is 0.941. The molecule has 0 atom stereocenters. The van der Waals surface area contributed by atoms with E-state index in [0.717, 1.165) is 42.3 Å². The maximum Gasteiger partial charge on any atom is 0.416 e. The third-order valence-electron chi connectivity index (χ3n) is 6.55. The molecule has 1 fully saturated rings. The minimum Gasteiger partial charge on any atom is -0.469 e. The number of carbonyl (C=O) groups is 2. The minimum absolute atomic E-state index is 0.188. The molecule has 0 radical (unpaired) electrons. The van der Waals surface area contributed by atoms with E-state index in [9.17, 15) is 22.8 Å². The van der Waals surface area contributed by atoms with Crippen molar-refractivity contribution in [3.05, 3.63) is 71.4 Å². The van der Waals surface area contributed by atoms with Crippen LogP contribution in [0, 0.1) is 5.92 Å². The average Bonchev–Trinajstić information content (AvgIpc) is 3.18. The van der Waals surface area contributed by atoms with Gasteiger partial charge in [-0.15, -0.1) is 0 Å². The van der Waals surface area contributed by atoms with E-state index in [2.05, 4.69) is 5.32 Å². The van der Waals surface area contributed by atoms with Crippen molar-refractivity contribution in [2.24, 2.45) is 5.92 Å². The van der Waals surface area contributed by atoms with E-state index >= 15 is 0 Å². The number of benzene rings is 2. The summed E-state index contributed by atoms with van der Waals surface area (Å²) in [4.78, 5) is 24.6. The largest absolute Gasteiger partial charge is 0.469 e. The summed E-state index contributed by atoms with van der Waals surface area (Å²) < 4.78 is 45.2. The van der Waals surface area contributed by atoms with Crippen molar-refractivity contribution in [1.29, 1.82) is 0 Å². The van der Waals surface area contributed by atoms with E-state index in [4.69, 9.17) is 4.74 Å². The molecule has 8 heteroatoms. The van der Waals surface area contributed by atoms with Gasteiger partial charge in [-0.2, -0.15) is 13.2 Å². The fourth-order valence-corrected chi connectivity index (χ4v) is 4.86. The number of hydrogen-bond acceptors (Lipinski definition) is 3. The monoisotopic (exact) mass is 472 g/mol. The van der Waals surface area contributed by atoms with Crippen LogP contribution in [0.3, 0.4) is 0 Å². The van der Waals surface area contributed by atoms with Gasteiger partial charge >= 0.3 is 12.1 Å². The molecule has 0 saturated heterocycles. The SMILES string of the molecule is COC(=O)CCC1CC(C)(NC(=O)c2cccc3ccn(Cc4ccc(C(F)(F)F)cc4)c23)C1. The van der Waals surface area contributed by atoms with Crippen molar-refractivity contribution in [2.75, 3.05) is 7.11 Å². The molecule has 1 heterocycles. The van der Waals surface area contributed by atoms with Crippen molar-refractivity contribution in [1.82, 2.24) is 9.88 Å². The molecular formula is C26H27F3N2O3. The first-order valence-electron chi connectivity index (χ1n) is 11.2. The number of alkyl halides is 3. The molecule has 4 rings (SSSR count). The molecule has 1 N–H and O–H groups in total. The number of hydrogen-bond donors (Lipinski definition) is 1. The summed E-state index contributed by atoms with van der Waals surface area (Å²) in [7, 11) is 1.38. The summed E-state index contributed by atoms with van der Waals surface area (Å²) in [6, 6.07) is 12.4. The van der Waals surface area contributed by atoms with Gasteiger partial charge in [-0.3, -0.25) is 9.59 Å². The highest BCUT2D eigenvalue weighted by molar-refractivity contribution is 6.06. The van der Waals surface area contributed by atoms with Gasteiger partial charge in [0.25, 0.3) is 5.91 Å². The van der Waals surface area contributed by atoms with Crippen LogP contribution in [0.1, 0.15) is 54.1 Å². The Morgan fingerprint density at radius 1 is 1.12 bits per heavy atom. The zero-order chi connectivity index (χ0) is 24.5. The summed E-state index contributed by atoms with van der Waals surface area (Å²) in [5, 5.41) is 4.03. The number of ether oxygens (including phenoxy) is 1. The Morgan fingerprint density at radius 2 is 1.82 bits per heavy atom. The van der Waals surface area contributed by atoms with Crippen LogP contribution in [0.15, 0.2) is 54.7 Å². The zero-order valence-electron chi connectivity index (χ0n) is 19.1. The molecule has 5 nitrogen and oxygen atoms in total. The molecule has 1 aromatic heterocycles. The molecule has 1 amide bonds. The van der Waals surface area contributed by atoms with Gasteiger partial charge in [0.2, 0.25) is 0 Å². The first-order valence-corrected chi connectivity index (χ1v) is 11.2. The molecule has 0 bridgehead atoms. The van der Waals surface area contributed by atoms with Crippen LogP contribution in [0.4, 0.5) is 13.2 Å². The molecule has 1 saturated carbocycles. The molecule has 3 aromatic rings. The number of fused-ring (bicyclic) bond motifs is 1. The molecule has 2 aromatic carbocycles. The van der Waals surface area contributed by atoms with Crippen molar-refractivity contribution < 1.29 is 27.5 Å². The number of para-hydroxylation sites is 1. The van der Waals surface area contributed by atoms with Gasteiger partial charge in [-0.05, 0) is 61.9 Å². The molecule has 0 spiro atoms. The van der Waals surface area contributed by atoms with Crippen LogP contribution in [-0.4, -0.2) is 29.1 Å². The highest BCUT2D eigenvalue weighted by Gasteiger charge is 2.41. The summed E-state index contributed by atoms with van der Waals surface area (Å²) in [5.74, 6) is -0.0475. The molecular weight excluding hydrogens is 445 g/mol. The van der Waals surface area contributed by atoms with Crippen molar-refractivity contribution in [3.63, 3.8) is 0 Å². The van der Waals surface area contributed by atoms with Crippen LogP contribution in [0.2, 0.25) is 0 Å². The van der Waals surface area contributed by atoms with Crippen molar-refractivity contribution in [3.8, 4) is 0 Å². The first-order chi connectivity index (χ1) is 16.1. The Labute approximate surface area is 195 Å². The number of amides is 1. The van der Waals surface area contributed by atoms with Crippen LogP contribution in [0.5, 0.6) is 0 Å². The summed E-state index contributed by atoms with van der Waals surface area (Å²) in [6.07, 6.45) is 0.162. The number of aromatic nitrogens is 1. The summed E-state index contributed by atoms with van der Waals surface area (Å²) in [6.45, 7) is 2.35. The predicted molar refractivity (Wildman–Crippen MR) is 122 cm³/mol. The Bertz CT molecular complexity index is 1190. The van der Waals surface area contributed by atoms with E-state index in [1.165, 1.54) is 19.2 Å². The molecule has 0 unspecified atom stereocenters. The zero-order valence-corrected chi connectivity index (χ0v) is 19.1. The van der Waals surface area contributed by atoms with Gasteiger partial charge in [0.1, 0.15) is 0 Å².